The molecule has 0 aliphatic carbocycles. The van der Waals surface area contributed by atoms with Gasteiger partial charge in [-0.2, -0.15) is 0 Å². The third kappa shape index (κ3) is 6.90. The Balaban J connectivity index is 1.97. The Hall–Kier alpha value is -2.32. The summed E-state index contributed by atoms with van der Waals surface area (Å²) >= 11 is 0. The van der Waals surface area contributed by atoms with Crippen LogP contribution in [0.15, 0.2) is 18.2 Å². The van der Waals surface area contributed by atoms with E-state index < -0.39 is 6.04 Å². The van der Waals surface area contributed by atoms with E-state index in [2.05, 4.69) is 10.6 Å². The fourth-order valence-electron chi connectivity index (χ4n) is 3.34. The Morgan fingerprint density at radius 3 is 2.79 bits per heavy atom. The minimum atomic E-state index is -0.522. The summed E-state index contributed by atoms with van der Waals surface area (Å²) in [6.07, 6.45) is 1.04. The largest absolute Gasteiger partial charge is 0.493 e. The fourth-order valence-corrected chi connectivity index (χ4v) is 3.34. The summed E-state index contributed by atoms with van der Waals surface area (Å²) in [7, 11) is 3.19. The third-order valence-corrected chi connectivity index (χ3v) is 4.77. The van der Waals surface area contributed by atoms with Gasteiger partial charge in [-0.1, -0.05) is 12.1 Å². The van der Waals surface area contributed by atoms with Gasteiger partial charge in [-0.25, -0.2) is 0 Å². The first-order valence-corrected chi connectivity index (χ1v) is 10.1. The lowest BCUT2D eigenvalue weighted by atomic mass is 10.1. The molecule has 2 amide bonds. The molecule has 2 rings (SSSR count). The fraction of sp³-hybridized carbons (Fsp3) is 0.619. The van der Waals surface area contributed by atoms with Crippen LogP contribution in [-0.2, 0) is 20.9 Å². The van der Waals surface area contributed by atoms with Crippen LogP contribution in [0.2, 0.25) is 0 Å². The normalized spacial score (nSPS) is 17.1. The lowest BCUT2D eigenvalue weighted by molar-refractivity contribution is -0.134. The predicted octanol–water partition coefficient (Wildman–Crippen LogP) is 1.33. The molecule has 1 aromatic carbocycles. The Kier molecular flexibility index (Phi) is 9.21. The summed E-state index contributed by atoms with van der Waals surface area (Å²) in [5.41, 5.74) is 0.915. The van der Waals surface area contributed by atoms with Crippen LogP contribution < -0.4 is 20.1 Å². The summed E-state index contributed by atoms with van der Waals surface area (Å²) in [5, 5.41) is 5.74. The first-order valence-electron chi connectivity index (χ1n) is 10.1. The van der Waals surface area contributed by atoms with E-state index >= 15 is 0 Å². The van der Waals surface area contributed by atoms with E-state index in [1.54, 1.807) is 14.2 Å². The minimum absolute atomic E-state index is 0.114. The number of piperazine rings is 1. The zero-order valence-electron chi connectivity index (χ0n) is 17.8. The van der Waals surface area contributed by atoms with Crippen molar-refractivity contribution in [3.05, 3.63) is 23.8 Å². The molecule has 1 heterocycles. The molecule has 29 heavy (non-hydrogen) atoms. The molecule has 0 radical (unpaired) electrons. The number of carbonyl (C=O) groups excluding carboxylic acids is 2. The second-order valence-corrected chi connectivity index (χ2v) is 7.26. The van der Waals surface area contributed by atoms with Crippen LogP contribution in [0.4, 0.5) is 0 Å². The molecular weight excluding hydrogens is 374 g/mol. The van der Waals surface area contributed by atoms with Gasteiger partial charge in [-0.15, -0.1) is 0 Å². The number of para-hydroxylation sites is 1. The van der Waals surface area contributed by atoms with E-state index in [1.165, 1.54) is 0 Å². The smallest absolute Gasteiger partial charge is 0.237 e. The molecule has 0 spiro atoms. The maximum atomic E-state index is 12.5. The molecule has 2 N–H and O–H groups in total. The molecule has 1 aliphatic rings. The van der Waals surface area contributed by atoms with Crippen LogP contribution in [-0.4, -0.2) is 69.3 Å². The molecule has 1 unspecified atom stereocenters. The number of ether oxygens (including phenoxy) is 3. The summed E-state index contributed by atoms with van der Waals surface area (Å²) in [4.78, 5) is 26.8. The number of amides is 2. The third-order valence-electron chi connectivity index (χ3n) is 4.77. The second kappa shape index (κ2) is 11.6. The van der Waals surface area contributed by atoms with Crippen LogP contribution in [0.3, 0.4) is 0 Å². The molecule has 1 aromatic rings. The topological polar surface area (TPSA) is 89.1 Å². The van der Waals surface area contributed by atoms with E-state index in [4.69, 9.17) is 14.2 Å². The number of hydrogen-bond donors (Lipinski definition) is 2. The molecule has 0 saturated carbocycles. The average Bonchev–Trinajstić information content (AvgIpc) is 2.69. The molecular formula is C21H33N3O5. The van der Waals surface area contributed by atoms with Crippen molar-refractivity contribution in [2.24, 2.45) is 0 Å². The van der Waals surface area contributed by atoms with Crippen molar-refractivity contribution in [3.63, 3.8) is 0 Å². The molecule has 1 fully saturated rings. The van der Waals surface area contributed by atoms with Crippen molar-refractivity contribution >= 4 is 11.8 Å². The number of hydrogen-bond acceptors (Lipinski definition) is 6. The Bertz CT molecular complexity index is 680. The number of benzene rings is 1. The van der Waals surface area contributed by atoms with E-state index in [0.29, 0.717) is 44.3 Å². The van der Waals surface area contributed by atoms with Gasteiger partial charge < -0.3 is 24.8 Å². The van der Waals surface area contributed by atoms with E-state index in [9.17, 15) is 9.59 Å². The van der Waals surface area contributed by atoms with Gasteiger partial charge in [0, 0.05) is 38.3 Å². The lowest BCUT2D eigenvalue weighted by Crippen LogP contribution is -2.56. The SMILES string of the molecule is COc1cccc(CN2CCNC(=O)C2CC(=O)NCCCOC(C)C)c1OC. The van der Waals surface area contributed by atoms with Crippen molar-refractivity contribution in [1.82, 2.24) is 15.5 Å². The van der Waals surface area contributed by atoms with E-state index in [1.807, 2.05) is 36.9 Å². The second-order valence-electron chi connectivity index (χ2n) is 7.26. The van der Waals surface area contributed by atoms with Gasteiger partial charge in [-0.05, 0) is 26.3 Å². The summed E-state index contributed by atoms with van der Waals surface area (Å²) < 4.78 is 16.3. The van der Waals surface area contributed by atoms with Crippen LogP contribution in [0, 0.1) is 0 Å². The Labute approximate surface area is 172 Å². The molecule has 8 nitrogen and oxygen atoms in total. The van der Waals surface area contributed by atoms with Gasteiger partial charge in [0.2, 0.25) is 11.8 Å². The standard InChI is InChI=1S/C21H33N3O5/c1-15(2)29-12-6-9-22-19(25)13-17-21(26)23-10-11-24(17)14-16-7-5-8-18(27-3)20(16)28-4/h5,7-8,15,17H,6,9-14H2,1-4H3,(H,22,25)(H,23,26). The average molecular weight is 408 g/mol. The number of methoxy groups -OCH3 is 2. The zero-order valence-corrected chi connectivity index (χ0v) is 17.8. The highest BCUT2D eigenvalue weighted by molar-refractivity contribution is 5.88. The number of rotatable bonds is 11. The van der Waals surface area contributed by atoms with Crippen LogP contribution in [0.5, 0.6) is 11.5 Å². The number of carbonyl (C=O) groups is 2. The highest BCUT2D eigenvalue weighted by Crippen LogP contribution is 2.32. The molecule has 1 aliphatic heterocycles. The molecule has 0 bridgehead atoms. The first-order chi connectivity index (χ1) is 14.0. The first kappa shape index (κ1) is 23.0. The van der Waals surface area contributed by atoms with Gasteiger partial charge in [0.1, 0.15) is 0 Å². The van der Waals surface area contributed by atoms with Crippen LogP contribution in [0.25, 0.3) is 0 Å². The molecule has 1 atom stereocenters. The van der Waals surface area contributed by atoms with E-state index in [-0.39, 0.29) is 24.3 Å². The summed E-state index contributed by atoms with van der Waals surface area (Å²) in [6, 6.07) is 5.15. The van der Waals surface area contributed by atoms with Gasteiger partial charge in [-0.3, -0.25) is 14.5 Å². The Morgan fingerprint density at radius 2 is 2.10 bits per heavy atom. The zero-order chi connectivity index (χ0) is 21.2. The quantitative estimate of drug-likeness (QED) is 0.538. The molecule has 8 heteroatoms. The highest BCUT2D eigenvalue weighted by Gasteiger charge is 2.32. The molecule has 162 valence electrons. The van der Waals surface area contributed by atoms with Crippen molar-refractivity contribution in [2.45, 2.75) is 45.4 Å². The van der Waals surface area contributed by atoms with Gasteiger partial charge in [0.15, 0.2) is 11.5 Å². The van der Waals surface area contributed by atoms with Gasteiger partial charge in [0.25, 0.3) is 0 Å². The maximum Gasteiger partial charge on any atom is 0.237 e. The highest BCUT2D eigenvalue weighted by atomic mass is 16.5. The van der Waals surface area contributed by atoms with E-state index in [0.717, 1.165) is 12.0 Å². The Morgan fingerprint density at radius 1 is 1.31 bits per heavy atom. The number of nitrogens with one attached hydrogen (secondary N) is 2. The number of nitrogens with zero attached hydrogens (tertiary/aromatic N) is 1. The van der Waals surface area contributed by atoms with Crippen molar-refractivity contribution < 1.29 is 23.8 Å². The van der Waals surface area contributed by atoms with Crippen LogP contribution in [0.1, 0.15) is 32.3 Å². The summed E-state index contributed by atoms with van der Waals surface area (Å²) in [5.74, 6) is 1.02. The lowest BCUT2D eigenvalue weighted by Gasteiger charge is -2.35. The van der Waals surface area contributed by atoms with Crippen LogP contribution >= 0.6 is 0 Å². The van der Waals surface area contributed by atoms with Gasteiger partial charge in [0.05, 0.1) is 32.8 Å². The van der Waals surface area contributed by atoms with Crippen molar-refractivity contribution in [3.8, 4) is 11.5 Å². The monoisotopic (exact) mass is 407 g/mol. The van der Waals surface area contributed by atoms with Gasteiger partial charge >= 0.3 is 0 Å². The predicted molar refractivity (Wildman–Crippen MR) is 110 cm³/mol. The molecule has 1 saturated heterocycles. The molecule has 0 aromatic heterocycles. The maximum absolute atomic E-state index is 12.5. The van der Waals surface area contributed by atoms with Crippen molar-refractivity contribution in [2.75, 3.05) is 40.5 Å². The minimum Gasteiger partial charge on any atom is -0.493 e. The van der Waals surface area contributed by atoms with Crippen molar-refractivity contribution in [1.29, 1.82) is 0 Å². The summed E-state index contributed by atoms with van der Waals surface area (Å²) in [6.45, 7) is 6.79.